The zero-order chi connectivity index (χ0) is 24.1. The van der Waals surface area contributed by atoms with Gasteiger partial charge < -0.3 is 0 Å². The van der Waals surface area contributed by atoms with Crippen molar-refractivity contribution in [3.63, 3.8) is 0 Å². The first kappa shape index (κ1) is 23.2. The molecule has 5 heteroatoms. The number of ketones is 2. The Morgan fingerprint density at radius 3 is 1.91 bits per heavy atom. The number of carbonyl (C=O) groups excluding carboxylic acids is 4. The van der Waals surface area contributed by atoms with Crippen LogP contribution < -0.4 is 0 Å². The summed E-state index contributed by atoms with van der Waals surface area (Å²) in [5.41, 5.74) is -0.359. The van der Waals surface area contributed by atoms with E-state index in [0.717, 1.165) is 25.7 Å². The summed E-state index contributed by atoms with van der Waals surface area (Å²) >= 11 is 0. The number of imide groups is 1. The highest BCUT2D eigenvalue weighted by atomic mass is 16.2. The number of likely N-dealkylation sites (tertiary alicyclic amines) is 1. The SMILES string of the molecule is CC(=O)C1CC2CC1C(C)C2C1C2CC(CC2C(=O)C(C)(C)C)C1C1C(=O)N(C)C(=O)C1C. The molecule has 4 saturated carbocycles. The lowest BCUT2D eigenvalue weighted by Gasteiger charge is -2.47. The minimum Gasteiger partial charge on any atom is -0.300 e. The van der Waals surface area contributed by atoms with Crippen LogP contribution in [0, 0.1) is 76.4 Å². The molecule has 1 heterocycles. The number of rotatable bonds is 4. The maximum absolute atomic E-state index is 13.5. The fourth-order valence-electron chi connectivity index (χ4n) is 9.74. The van der Waals surface area contributed by atoms with Crippen LogP contribution in [0.25, 0.3) is 0 Å². The highest BCUT2D eigenvalue weighted by Gasteiger charge is 2.66. The van der Waals surface area contributed by atoms with Gasteiger partial charge in [-0.05, 0) is 80.0 Å². The fraction of sp³-hybridized carbons (Fsp3) is 0.857. The maximum Gasteiger partial charge on any atom is 0.233 e. The molecular formula is C28H41NO4. The van der Waals surface area contributed by atoms with E-state index in [1.165, 1.54) is 4.90 Å². The molecule has 5 nitrogen and oxygen atoms in total. The van der Waals surface area contributed by atoms with Crippen molar-refractivity contribution in [1.29, 1.82) is 0 Å². The third kappa shape index (κ3) is 3.16. The van der Waals surface area contributed by atoms with E-state index in [0.29, 0.717) is 53.0 Å². The Hall–Kier alpha value is -1.52. The van der Waals surface area contributed by atoms with Crippen molar-refractivity contribution in [2.75, 3.05) is 7.05 Å². The van der Waals surface area contributed by atoms with Gasteiger partial charge in [0.25, 0.3) is 0 Å². The molecule has 2 amide bonds. The Kier molecular flexibility index (Phi) is 5.27. The summed E-state index contributed by atoms with van der Waals surface area (Å²) in [7, 11) is 1.63. The van der Waals surface area contributed by atoms with E-state index in [1.807, 2.05) is 27.7 Å². The van der Waals surface area contributed by atoms with Crippen LogP contribution in [-0.4, -0.2) is 35.3 Å². The third-order valence-corrected chi connectivity index (χ3v) is 10.9. The largest absolute Gasteiger partial charge is 0.300 e. The summed E-state index contributed by atoms with van der Waals surface area (Å²) in [6, 6.07) is 0. The first-order valence-corrected chi connectivity index (χ1v) is 13.2. The summed E-state index contributed by atoms with van der Waals surface area (Å²) in [5.74, 6) is 3.40. The summed E-state index contributed by atoms with van der Waals surface area (Å²) in [5, 5.41) is 0. The Morgan fingerprint density at radius 2 is 1.39 bits per heavy atom. The van der Waals surface area contributed by atoms with Gasteiger partial charge in [0.05, 0.1) is 5.92 Å². The van der Waals surface area contributed by atoms with Gasteiger partial charge in [0.15, 0.2) is 0 Å². The Bertz CT molecular complexity index is 900. The lowest BCUT2D eigenvalue weighted by molar-refractivity contribution is -0.139. The van der Waals surface area contributed by atoms with Crippen molar-refractivity contribution >= 4 is 23.4 Å². The standard InChI is InChI=1S/C28H41NO4/c1-12-17-8-15(9-18(17)14(3)30)21(12)24-19-10-16(11-20(19)25(31)28(4,5)6)23(24)22-13(2)26(32)29(7)27(22)33/h12-13,15-24H,8-11H2,1-7H3. The molecule has 1 aliphatic heterocycles. The van der Waals surface area contributed by atoms with Gasteiger partial charge in [-0.15, -0.1) is 0 Å². The summed E-state index contributed by atoms with van der Waals surface area (Å²) in [6.07, 6.45) is 3.98. The van der Waals surface area contributed by atoms with Gasteiger partial charge in [-0.2, -0.15) is 0 Å². The minimum atomic E-state index is -0.359. The van der Waals surface area contributed by atoms with Crippen LogP contribution in [0.2, 0.25) is 0 Å². The van der Waals surface area contributed by atoms with Gasteiger partial charge in [-0.3, -0.25) is 24.1 Å². The van der Waals surface area contributed by atoms with E-state index < -0.39 is 0 Å². The molecule has 5 fully saturated rings. The molecule has 5 rings (SSSR count). The first-order valence-electron chi connectivity index (χ1n) is 13.2. The van der Waals surface area contributed by atoms with Gasteiger partial charge in [0, 0.05) is 30.2 Å². The van der Waals surface area contributed by atoms with Crippen molar-refractivity contribution in [1.82, 2.24) is 4.90 Å². The molecular weight excluding hydrogens is 414 g/mol. The van der Waals surface area contributed by atoms with Crippen LogP contribution in [0.4, 0.5) is 0 Å². The van der Waals surface area contributed by atoms with E-state index >= 15 is 0 Å². The summed E-state index contributed by atoms with van der Waals surface area (Å²) in [6.45, 7) is 12.1. The lowest BCUT2D eigenvalue weighted by Crippen LogP contribution is -2.47. The smallest absolute Gasteiger partial charge is 0.233 e. The average molecular weight is 456 g/mol. The molecule has 1 saturated heterocycles. The van der Waals surface area contributed by atoms with E-state index in [9.17, 15) is 19.2 Å². The zero-order valence-corrected chi connectivity index (χ0v) is 21.3. The molecule has 12 unspecified atom stereocenters. The predicted molar refractivity (Wildman–Crippen MR) is 125 cm³/mol. The Morgan fingerprint density at radius 1 is 0.818 bits per heavy atom. The summed E-state index contributed by atoms with van der Waals surface area (Å²) in [4.78, 5) is 53.2. The average Bonchev–Trinajstić information content (AvgIpc) is 3.52. The van der Waals surface area contributed by atoms with E-state index in [4.69, 9.17) is 0 Å². The van der Waals surface area contributed by atoms with Crippen LogP contribution in [0.5, 0.6) is 0 Å². The first-order chi connectivity index (χ1) is 15.3. The minimum absolute atomic E-state index is 0.00818. The molecule has 0 aromatic rings. The molecule has 4 bridgehead atoms. The van der Waals surface area contributed by atoms with Crippen molar-refractivity contribution < 1.29 is 19.2 Å². The number of nitrogens with zero attached hydrogens (tertiary/aromatic N) is 1. The van der Waals surface area contributed by atoms with Crippen molar-refractivity contribution in [3.05, 3.63) is 0 Å². The van der Waals surface area contributed by atoms with Crippen LogP contribution >= 0.6 is 0 Å². The normalized spacial score (nSPS) is 48.9. The van der Waals surface area contributed by atoms with Gasteiger partial charge in [-0.1, -0.05) is 34.6 Å². The number of Topliss-reactive ketones (excluding diaryl/α,β-unsaturated/α-hetero) is 2. The topological polar surface area (TPSA) is 71.5 Å². The molecule has 12 atom stereocenters. The van der Waals surface area contributed by atoms with Crippen molar-refractivity contribution in [2.45, 2.75) is 67.2 Å². The van der Waals surface area contributed by atoms with Gasteiger partial charge in [0.2, 0.25) is 11.8 Å². The van der Waals surface area contributed by atoms with E-state index in [1.54, 1.807) is 14.0 Å². The number of fused-ring (bicyclic) bond motifs is 4. The van der Waals surface area contributed by atoms with Gasteiger partial charge in [-0.25, -0.2) is 0 Å². The summed E-state index contributed by atoms with van der Waals surface area (Å²) < 4.78 is 0. The van der Waals surface area contributed by atoms with Crippen LogP contribution in [-0.2, 0) is 19.2 Å². The molecule has 0 radical (unpaired) electrons. The molecule has 182 valence electrons. The van der Waals surface area contributed by atoms with Gasteiger partial charge >= 0.3 is 0 Å². The Balaban J connectivity index is 1.52. The Labute approximate surface area is 198 Å². The maximum atomic E-state index is 13.5. The van der Waals surface area contributed by atoms with Crippen molar-refractivity contribution in [3.8, 4) is 0 Å². The molecule has 0 aromatic carbocycles. The molecule has 0 N–H and O–H groups in total. The number of amides is 2. The number of carbonyl (C=O) groups is 4. The van der Waals surface area contributed by atoms with Gasteiger partial charge in [0.1, 0.15) is 11.6 Å². The predicted octanol–water partition coefficient (Wildman–Crippen LogP) is 4.24. The lowest BCUT2D eigenvalue weighted by atomic mass is 9.56. The third-order valence-electron chi connectivity index (χ3n) is 10.9. The van der Waals surface area contributed by atoms with Crippen LogP contribution in [0.3, 0.4) is 0 Å². The highest BCUT2D eigenvalue weighted by molar-refractivity contribution is 6.04. The number of hydrogen-bond donors (Lipinski definition) is 0. The fourth-order valence-corrected chi connectivity index (χ4v) is 9.74. The molecule has 0 spiro atoms. The highest BCUT2D eigenvalue weighted by Crippen LogP contribution is 2.68. The quantitative estimate of drug-likeness (QED) is 0.595. The zero-order valence-electron chi connectivity index (χ0n) is 21.3. The van der Waals surface area contributed by atoms with Crippen LogP contribution in [0.15, 0.2) is 0 Å². The molecule has 5 aliphatic rings. The molecule has 4 aliphatic carbocycles. The second-order valence-corrected chi connectivity index (χ2v) is 13.4. The van der Waals surface area contributed by atoms with E-state index in [-0.39, 0.29) is 46.8 Å². The second-order valence-electron chi connectivity index (χ2n) is 13.4. The van der Waals surface area contributed by atoms with Crippen LogP contribution in [0.1, 0.15) is 67.2 Å². The monoisotopic (exact) mass is 455 g/mol. The molecule has 33 heavy (non-hydrogen) atoms. The van der Waals surface area contributed by atoms with Crippen molar-refractivity contribution in [2.24, 2.45) is 76.4 Å². The number of hydrogen-bond acceptors (Lipinski definition) is 4. The molecule has 0 aromatic heterocycles. The second kappa shape index (κ2) is 7.49. The van der Waals surface area contributed by atoms with E-state index in [2.05, 4.69) is 6.92 Å².